The second kappa shape index (κ2) is 8.28. The molecule has 3 heterocycles. The summed E-state index contributed by atoms with van der Waals surface area (Å²) in [6.07, 6.45) is -3.60. The Balaban J connectivity index is 1.29. The zero-order chi connectivity index (χ0) is 24.3. The maximum absolute atomic E-state index is 13.2. The molecular weight excluding hydrogens is 440 g/mol. The molecule has 9 heteroatoms. The molecule has 2 N–H and O–H groups in total. The van der Waals surface area contributed by atoms with Gasteiger partial charge in [0.05, 0.1) is 0 Å². The zero-order valence-corrected chi connectivity index (χ0v) is 19.9. The second-order valence-corrected chi connectivity index (χ2v) is 9.84. The van der Waals surface area contributed by atoms with Crippen LogP contribution in [0.15, 0.2) is 42.5 Å². The second-order valence-electron chi connectivity index (χ2n) is 9.84. The molecule has 5 rings (SSSR count). The number of fused-ring (bicyclic) bond motifs is 4. The third-order valence-corrected chi connectivity index (χ3v) is 6.21. The molecule has 34 heavy (non-hydrogen) atoms. The number of nitrogens with one attached hydrogen (secondary N) is 2. The molecule has 0 unspecified atom stereocenters. The third-order valence-electron chi connectivity index (χ3n) is 6.21. The Bertz CT molecular complexity index is 1110. The first kappa shape index (κ1) is 23.2. The van der Waals surface area contributed by atoms with Crippen molar-refractivity contribution in [3.63, 3.8) is 0 Å². The molecule has 9 nitrogen and oxygen atoms in total. The van der Waals surface area contributed by atoms with Crippen molar-refractivity contribution < 1.29 is 33.3 Å². The average molecular weight is 471 g/mol. The Morgan fingerprint density at radius 3 is 2.29 bits per heavy atom. The highest BCUT2D eigenvalue weighted by molar-refractivity contribution is 6.04. The standard InChI is InChI=1S/C25H30N2O7/c1-13(21(28)27-16-12-8-10-14-9-6-7-11-15(14)16)26-22(29)19-17-18(32-24(2,3)31-17)20-23(30-19)34-25(4,5)33-20/h6-13,17-20,23H,1-5H3,(H,26,29)(H,27,28)/t13-,17+,18+,19+,20+,23-/m1/s1. The van der Waals surface area contributed by atoms with Crippen LogP contribution in [-0.4, -0.2) is 60.1 Å². The smallest absolute Gasteiger partial charge is 0.252 e. The van der Waals surface area contributed by atoms with Crippen LogP contribution in [0.25, 0.3) is 10.8 Å². The van der Waals surface area contributed by atoms with Crippen LogP contribution >= 0.6 is 0 Å². The van der Waals surface area contributed by atoms with Crippen LogP contribution in [0.4, 0.5) is 5.69 Å². The SMILES string of the molecule is C[C@@H](NC(=O)[C@H]1O[C@@H]2OC(C)(C)O[C@H]2[C@H]2OC(C)(C)O[C@@H]21)C(=O)Nc1cccc2ccccc12. The summed E-state index contributed by atoms with van der Waals surface area (Å²) in [6.45, 7) is 8.72. The van der Waals surface area contributed by atoms with Crippen molar-refractivity contribution in [1.29, 1.82) is 0 Å². The fourth-order valence-electron chi connectivity index (χ4n) is 4.76. The Labute approximate surface area is 198 Å². The van der Waals surface area contributed by atoms with Crippen LogP contribution in [0, 0.1) is 0 Å². The first-order valence-electron chi connectivity index (χ1n) is 11.5. The van der Waals surface area contributed by atoms with Gasteiger partial charge in [-0.05, 0) is 46.1 Å². The molecule has 3 fully saturated rings. The lowest BCUT2D eigenvalue weighted by Gasteiger charge is -2.36. The summed E-state index contributed by atoms with van der Waals surface area (Å²) in [4.78, 5) is 26.1. The number of amides is 2. The van der Waals surface area contributed by atoms with Crippen LogP contribution in [0.5, 0.6) is 0 Å². The van der Waals surface area contributed by atoms with Gasteiger partial charge in [0.2, 0.25) is 5.91 Å². The van der Waals surface area contributed by atoms with Gasteiger partial charge in [0.25, 0.3) is 5.91 Å². The van der Waals surface area contributed by atoms with Gasteiger partial charge in [-0.3, -0.25) is 9.59 Å². The minimum Gasteiger partial charge on any atom is -0.342 e. The van der Waals surface area contributed by atoms with E-state index in [0.717, 1.165) is 10.8 Å². The molecule has 0 aliphatic carbocycles. The van der Waals surface area contributed by atoms with E-state index in [-0.39, 0.29) is 5.91 Å². The number of hydrogen-bond acceptors (Lipinski definition) is 7. The summed E-state index contributed by atoms with van der Waals surface area (Å²) in [7, 11) is 0. The molecule has 6 atom stereocenters. The van der Waals surface area contributed by atoms with Crippen LogP contribution < -0.4 is 10.6 Å². The molecular formula is C25H30N2O7. The first-order chi connectivity index (χ1) is 16.0. The quantitative estimate of drug-likeness (QED) is 0.708. The lowest BCUT2D eigenvalue weighted by molar-refractivity contribution is -0.231. The molecule has 0 aromatic heterocycles. The number of carbonyl (C=O) groups excluding carboxylic acids is 2. The fourth-order valence-corrected chi connectivity index (χ4v) is 4.76. The van der Waals surface area contributed by atoms with Crippen molar-refractivity contribution >= 4 is 28.3 Å². The van der Waals surface area contributed by atoms with Crippen molar-refractivity contribution in [3.05, 3.63) is 42.5 Å². The van der Waals surface area contributed by atoms with E-state index in [1.54, 1.807) is 34.6 Å². The monoisotopic (exact) mass is 470 g/mol. The van der Waals surface area contributed by atoms with Gasteiger partial charge in [0.1, 0.15) is 24.4 Å². The predicted octanol–water partition coefficient (Wildman–Crippen LogP) is 2.68. The first-order valence-corrected chi connectivity index (χ1v) is 11.5. The molecule has 0 radical (unpaired) electrons. The Kier molecular flexibility index (Phi) is 5.65. The van der Waals surface area contributed by atoms with Crippen LogP contribution in [0.3, 0.4) is 0 Å². The summed E-state index contributed by atoms with van der Waals surface area (Å²) < 4.78 is 29.8. The zero-order valence-electron chi connectivity index (χ0n) is 19.9. The topological polar surface area (TPSA) is 104 Å². The summed E-state index contributed by atoms with van der Waals surface area (Å²) in [5.41, 5.74) is 0.675. The third kappa shape index (κ3) is 4.30. The van der Waals surface area contributed by atoms with Gasteiger partial charge in [-0.2, -0.15) is 0 Å². The van der Waals surface area contributed by atoms with E-state index in [4.69, 9.17) is 23.7 Å². The molecule has 182 valence electrons. The van der Waals surface area contributed by atoms with Crippen molar-refractivity contribution in [1.82, 2.24) is 5.32 Å². The van der Waals surface area contributed by atoms with Gasteiger partial charge in [0.15, 0.2) is 24.0 Å². The largest absolute Gasteiger partial charge is 0.342 e. The number of hydrogen-bond donors (Lipinski definition) is 2. The highest BCUT2D eigenvalue weighted by atomic mass is 16.9. The lowest BCUT2D eigenvalue weighted by Crippen LogP contribution is -2.60. The molecule has 2 amide bonds. The normalized spacial score (nSPS) is 32.0. The molecule has 2 aromatic rings. The van der Waals surface area contributed by atoms with Gasteiger partial charge >= 0.3 is 0 Å². The number of ether oxygens (including phenoxy) is 5. The Morgan fingerprint density at radius 2 is 1.50 bits per heavy atom. The van der Waals surface area contributed by atoms with Crippen molar-refractivity contribution in [2.45, 2.75) is 82.9 Å². The van der Waals surface area contributed by atoms with Gasteiger partial charge in [-0.1, -0.05) is 36.4 Å². The van der Waals surface area contributed by atoms with Crippen molar-refractivity contribution in [2.75, 3.05) is 5.32 Å². The Morgan fingerprint density at radius 1 is 0.853 bits per heavy atom. The molecule has 3 aliphatic heterocycles. The molecule has 3 aliphatic rings. The highest BCUT2D eigenvalue weighted by Crippen LogP contribution is 2.44. The summed E-state index contributed by atoms with van der Waals surface area (Å²) in [5.74, 6) is -2.63. The molecule has 0 spiro atoms. The summed E-state index contributed by atoms with van der Waals surface area (Å²) >= 11 is 0. The molecule has 2 aromatic carbocycles. The predicted molar refractivity (Wildman–Crippen MR) is 123 cm³/mol. The van der Waals surface area contributed by atoms with E-state index in [0.29, 0.717) is 5.69 Å². The fraction of sp³-hybridized carbons (Fsp3) is 0.520. The number of benzene rings is 2. The average Bonchev–Trinajstić information content (AvgIpc) is 3.26. The van der Waals surface area contributed by atoms with E-state index in [2.05, 4.69) is 10.6 Å². The highest BCUT2D eigenvalue weighted by Gasteiger charge is 2.62. The van der Waals surface area contributed by atoms with E-state index in [1.165, 1.54) is 0 Å². The number of carbonyl (C=O) groups is 2. The van der Waals surface area contributed by atoms with Crippen molar-refractivity contribution in [2.24, 2.45) is 0 Å². The molecule has 0 saturated carbocycles. The van der Waals surface area contributed by atoms with Crippen LogP contribution in [0.1, 0.15) is 34.6 Å². The minimum absolute atomic E-state index is 0.347. The van der Waals surface area contributed by atoms with Gasteiger partial charge in [-0.15, -0.1) is 0 Å². The summed E-state index contributed by atoms with van der Waals surface area (Å²) in [5, 5.41) is 7.58. The maximum Gasteiger partial charge on any atom is 0.252 e. The van der Waals surface area contributed by atoms with Crippen molar-refractivity contribution in [3.8, 4) is 0 Å². The van der Waals surface area contributed by atoms with Crippen LogP contribution in [0.2, 0.25) is 0 Å². The Hall–Kier alpha value is -2.56. The van der Waals surface area contributed by atoms with Gasteiger partial charge < -0.3 is 34.3 Å². The van der Waals surface area contributed by atoms with Gasteiger partial charge in [0, 0.05) is 11.1 Å². The molecule has 0 bridgehead atoms. The van der Waals surface area contributed by atoms with E-state index in [9.17, 15) is 9.59 Å². The summed E-state index contributed by atoms with van der Waals surface area (Å²) in [6, 6.07) is 12.6. The number of anilines is 1. The van der Waals surface area contributed by atoms with Crippen LogP contribution in [-0.2, 0) is 33.3 Å². The maximum atomic E-state index is 13.2. The van der Waals surface area contributed by atoms with E-state index in [1.807, 2.05) is 42.5 Å². The minimum atomic E-state index is -1.03. The molecule has 3 saturated heterocycles. The lowest BCUT2D eigenvalue weighted by atomic mass is 9.98. The van der Waals surface area contributed by atoms with Gasteiger partial charge in [-0.25, -0.2) is 0 Å². The van der Waals surface area contributed by atoms with E-state index >= 15 is 0 Å². The van der Waals surface area contributed by atoms with E-state index < -0.39 is 54.2 Å². The number of rotatable bonds is 4.